The van der Waals surface area contributed by atoms with E-state index in [0.29, 0.717) is 36.2 Å². The lowest BCUT2D eigenvalue weighted by Crippen LogP contribution is -2.41. The van der Waals surface area contributed by atoms with Gasteiger partial charge in [-0.25, -0.2) is 0 Å². The van der Waals surface area contributed by atoms with Crippen molar-refractivity contribution in [1.29, 1.82) is 0 Å². The summed E-state index contributed by atoms with van der Waals surface area (Å²) in [7, 11) is 1.61. The Morgan fingerprint density at radius 3 is 2.19 bits per heavy atom. The largest absolute Gasteiger partial charge is 0.484 e. The van der Waals surface area contributed by atoms with Crippen LogP contribution in [0.3, 0.4) is 0 Å². The Labute approximate surface area is 200 Å². The highest BCUT2D eigenvalue weighted by Gasteiger charge is 2.28. The van der Waals surface area contributed by atoms with Crippen molar-refractivity contribution in [3.05, 3.63) is 64.7 Å². The van der Waals surface area contributed by atoms with Gasteiger partial charge >= 0.3 is 6.18 Å². The summed E-state index contributed by atoms with van der Waals surface area (Å²) >= 11 is 5.80. The number of hydrogen-bond acceptors (Lipinski definition) is 3. The van der Waals surface area contributed by atoms with Crippen molar-refractivity contribution in [3.63, 3.8) is 0 Å². The van der Waals surface area contributed by atoms with Crippen molar-refractivity contribution < 1.29 is 22.7 Å². The molecule has 31 heavy (non-hydrogen) atoms. The molecule has 0 atom stereocenters. The molecular formula is C20H23ClF3IN4O2. The summed E-state index contributed by atoms with van der Waals surface area (Å²) in [5.41, 5.74) is 1.36. The number of halogens is 5. The molecule has 0 aliphatic carbocycles. The van der Waals surface area contributed by atoms with Gasteiger partial charge in [0, 0.05) is 37.3 Å². The fourth-order valence-corrected chi connectivity index (χ4v) is 2.46. The quantitative estimate of drug-likeness (QED) is 0.194. The standard InChI is InChI=1S/C20H22ClF3N4O2.HI/c1-25-19(27-11-10-26-18(29)15-4-6-16(21)7-5-15)28-12-14-2-8-17(9-3-14)30-13-20(22,23)24;/h2-9H,10-13H2,1H3,(H,26,29)(H2,25,27,28);1H. The molecule has 0 heterocycles. The van der Waals surface area contributed by atoms with E-state index in [1.807, 2.05) is 0 Å². The van der Waals surface area contributed by atoms with Gasteiger partial charge in [0.15, 0.2) is 12.6 Å². The number of rotatable bonds is 8. The maximum Gasteiger partial charge on any atom is 0.422 e. The number of amides is 1. The zero-order valence-corrected chi connectivity index (χ0v) is 19.7. The van der Waals surface area contributed by atoms with E-state index in [1.165, 1.54) is 12.1 Å². The zero-order valence-electron chi connectivity index (χ0n) is 16.6. The fraction of sp³-hybridized carbons (Fsp3) is 0.300. The third-order valence-electron chi connectivity index (χ3n) is 3.82. The topological polar surface area (TPSA) is 74.8 Å². The lowest BCUT2D eigenvalue weighted by atomic mass is 10.2. The van der Waals surface area contributed by atoms with E-state index in [4.69, 9.17) is 11.6 Å². The van der Waals surface area contributed by atoms with Crippen LogP contribution in [0.5, 0.6) is 5.75 Å². The Kier molecular flexibility index (Phi) is 11.5. The van der Waals surface area contributed by atoms with E-state index in [-0.39, 0.29) is 35.6 Å². The van der Waals surface area contributed by atoms with Crippen molar-refractivity contribution in [2.75, 3.05) is 26.7 Å². The highest BCUT2D eigenvalue weighted by molar-refractivity contribution is 14.0. The maximum absolute atomic E-state index is 12.2. The highest BCUT2D eigenvalue weighted by Crippen LogP contribution is 2.18. The summed E-state index contributed by atoms with van der Waals surface area (Å²) < 4.78 is 41.1. The Morgan fingerprint density at radius 1 is 1.00 bits per heavy atom. The van der Waals surface area contributed by atoms with Gasteiger partial charge in [0.2, 0.25) is 0 Å². The van der Waals surface area contributed by atoms with Crippen LogP contribution in [0, 0.1) is 0 Å². The molecule has 170 valence electrons. The first-order valence-corrected chi connectivity index (χ1v) is 9.41. The molecule has 6 nitrogen and oxygen atoms in total. The Morgan fingerprint density at radius 2 is 1.61 bits per heavy atom. The molecule has 1 amide bonds. The van der Waals surface area contributed by atoms with Crippen LogP contribution in [0.1, 0.15) is 15.9 Å². The molecule has 0 saturated heterocycles. The summed E-state index contributed by atoms with van der Waals surface area (Å²) in [5, 5.41) is 9.48. The number of hydrogen-bond donors (Lipinski definition) is 3. The molecule has 0 saturated carbocycles. The second-order valence-electron chi connectivity index (χ2n) is 6.16. The second-order valence-corrected chi connectivity index (χ2v) is 6.60. The van der Waals surface area contributed by atoms with Gasteiger partial charge in [-0.05, 0) is 42.0 Å². The third kappa shape index (κ3) is 10.6. The van der Waals surface area contributed by atoms with E-state index in [2.05, 4.69) is 25.7 Å². The van der Waals surface area contributed by atoms with Crippen LogP contribution in [-0.2, 0) is 6.54 Å². The second kappa shape index (κ2) is 13.3. The maximum atomic E-state index is 12.2. The third-order valence-corrected chi connectivity index (χ3v) is 4.07. The van der Waals surface area contributed by atoms with Crippen molar-refractivity contribution in [2.45, 2.75) is 12.7 Å². The molecule has 11 heteroatoms. The summed E-state index contributed by atoms with van der Waals surface area (Å²) in [6.45, 7) is -0.0807. The highest BCUT2D eigenvalue weighted by atomic mass is 127. The van der Waals surface area contributed by atoms with Gasteiger partial charge in [-0.2, -0.15) is 13.2 Å². The Bertz CT molecular complexity index is 847. The average molecular weight is 571 g/mol. The predicted molar refractivity (Wildman–Crippen MR) is 125 cm³/mol. The molecule has 3 N–H and O–H groups in total. The SMILES string of the molecule is CN=C(NCCNC(=O)c1ccc(Cl)cc1)NCc1ccc(OCC(F)(F)F)cc1.I. The van der Waals surface area contributed by atoms with Crippen LogP contribution in [-0.4, -0.2) is 44.8 Å². The van der Waals surface area contributed by atoms with Gasteiger partial charge in [-0.1, -0.05) is 23.7 Å². The van der Waals surface area contributed by atoms with Crippen LogP contribution >= 0.6 is 35.6 Å². The molecule has 0 aromatic heterocycles. The number of alkyl halides is 3. The van der Waals surface area contributed by atoms with Gasteiger partial charge < -0.3 is 20.7 Å². The first kappa shape index (κ1) is 26.8. The molecule has 0 bridgehead atoms. The summed E-state index contributed by atoms with van der Waals surface area (Å²) in [6, 6.07) is 12.9. The number of ether oxygens (including phenoxy) is 1. The number of benzene rings is 2. The van der Waals surface area contributed by atoms with Crippen LogP contribution in [0.4, 0.5) is 13.2 Å². The number of nitrogens with one attached hydrogen (secondary N) is 3. The monoisotopic (exact) mass is 570 g/mol. The summed E-state index contributed by atoms with van der Waals surface area (Å²) in [6.07, 6.45) is -4.37. The lowest BCUT2D eigenvalue weighted by molar-refractivity contribution is -0.153. The van der Waals surface area contributed by atoms with Gasteiger partial charge in [0.25, 0.3) is 5.91 Å². The normalized spacial score (nSPS) is 11.3. The van der Waals surface area contributed by atoms with Crippen LogP contribution in [0.25, 0.3) is 0 Å². The molecule has 2 aromatic rings. The van der Waals surface area contributed by atoms with Crippen molar-refractivity contribution >= 4 is 47.4 Å². The summed E-state index contributed by atoms with van der Waals surface area (Å²) in [5.74, 6) is 0.465. The molecular weight excluding hydrogens is 548 g/mol. The molecule has 0 unspecified atom stereocenters. The molecule has 0 fully saturated rings. The number of nitrogens with zero attached hydrogens (tertiary/aromatic N) is 1. The number of carbonyl (C=O) groups excluding carboxylic acids is 1. The fourth-order valence-electron chi connectivity index (χ4n) is 2.34. The van der Waals surface area contributed by atoms with Crippen molar-refractivity contribution in [1.82, 2.24) is 16.0 Å². The van der Waals surface area contributed by atoms with Gasteiger partial charge in [-0.3, -0.25) is 9.79 Å². The smallest absolute Gasteiger partial charge is 0.422 e. The zero-order chi connectivity index (χ0) is 22.0. The minimum atomic E-state index is -4.37. The van der Waals surface area contributed by atoms with Crippen LogP contribution in [0.2, 0.25) is 5.02 Å². The van der Waals surface area contributed by atoms with Gasteiger partial charge in [0.05, 0.1) is 0 Å². The number of carbonyl (C=O) groups is 1. The first-order chi connectivity index (χ1) is 14.3. The first-order valence-electron chi connectivity index (χ1n) is 9.03. The molecule has 0 aliphatic heterocycles. The molecule has 2 aromatic carbocycles. The van der Waals surface area contributed by atoms with Gasteiger partial charge in [-0.15, -0.1) is 24.0 Å². The van der Waals surface area contributed by atoms with Crippen molar-refractivity contribution in [3.8, 4) is 5.75 Å². The molecule has 0 radical (unpaired) electrons. The number of guanidine groups is 1. The predicted octanol–water partition coefficient (Wildman–Crippen LogP) is 3.99. The molecule has 0 aliphatic rings. The van der Waals surface area contributed by atoms with E-state index < -0.39 is 12.8 Å². The van der Waals surface area contributed by atoms with E-state index in [9.17, 15) is 18.0 Å². The van der Waals surface area contributed by atoms with Crippen LogP contribution < -0.4 is 20.7 Å². The minimum Gasteiger partial charge on any atom is -0.484 e. The van der Waals surface area contributed by atoms with Crippen LogP contribution in [0.15, 0.2) is 53.5 Å². The van der Waals surface area contributed by atoms with Gasteiger partial charge in [0.1, 0.15) is 5.75 Å². The Hall–Kier alpha value is -2.21. The van der Waals surface area contributed by atoms with Crippen molar-refractivity contribution in [2.24, 2.45) is 4.99 Å². The van der Waals surface area contributed by atoms with E-state index >= 15 is 0 Å². The minimum absolute atomic E-state index is 0. The van der Waals surface area contributed by atoms with E-state index in [1.54, 1.807) is 43.4 Å². The molecule has 2 rings (SSSR count). The summed E-state index contributed by atoms with van der Waals surface area (Å²) in [4.78, 5) is 16.1. The van der Waals surface area contributed by atoms with E-state index in [0.717, 1.165) is 5.56 Å². The number of aliphatic imine (C=N–C) groups is 1. The Balaban J connectivity index is 0.00000480. The molecule has 0 spiro atoms. The average Bonchev–Trinajstić information content (AvgIpc) is 2.72. The lowest BCUT2D eigenvalue weighted by Gasteiger charge is -2.13.